The van der Waals surface area contributed by atoms with Gasteiger partial charge in [0.15, 0.2) is 0 Å². The van der Waals surface area contributed by atoms with Gasteiger partial charge in [-0.25, -0.2) is 0 Å². The fourth-order valence-electron chi connectivity index (χ4n) is 3.06. The monoisotopic (exact) mass is 273 g/mol. The van der Waals surface area contributed by atoms with Crippen molar-refractivity contribution in [3.05, 3.63) is 35.4 Å². The highest BCUT2D eigenvalue weighted by Crippen LogP contribution is 2.33. The van der Waals surface area contributed by atoms with Crippen molar-refractivity contribution in [1.82, 2.24) is 4.90 Å². The summed E-state index contributed by atoms with van der Waals surface area (Å²) in [7, 11) is 0. The maximum absolute atomic E-state index is 12.4. The first-order chi connectivity index (χ1) is 9.59. The molecule has 3 rings (SSSR count). The molecule has 1 aromatic rings. The lowest BCUT2D eigenvalue weighted by Gasteiger charge is -2.27. The van der Waals surface area contributed by atoms with Gasteiger partial charge in [-0.3, -0.25) is 19.3 Å². The van der Waals surface area contributed by atoms with E-state index in [1.807, 2.05) is 0 Å². The number of amides is 2. The summed E-state index contributed by atoms with van der Waals surface area (Å²) in [6.07, 6.45) is 1.84. The number of imide groups is 1. The average Bonchev–Trinajstić information content (AvgIpc) is 2.94. The van der Waals surface area contributed by atoms with Crippen LogP contribution in [-0.4, -0.2) is 34.8 Å². The summed E-state index contributed by atoms with van der Waals surface area (Å²) >= 11 is 0. The van der Waals surface area contributed by atoms with Crippen molar-refractivity contribution in [2.45, 2.75) is 38.3 Å². The molecule has 1 fully saturated rings. The van der Waals surface area contributed by atoms with Gasteiger partial charge < -0.3 is 4.74 Å². The van der Waals surface area contributed by atoms with Gasteiger partial charge in [0.2, 0.25) is 0 Å². The predicted molar refractivity (Wildman–Crippen MR) is 70.1 cm³/mol. The average molecular weight is 273 g/mol. The molecule has 5 heteroatoms. The molecule has 1 aromatic carbocycles. The van der Waals surface area contributed by atoms with Crippen molar-refractivity contribution >= 4 is 17.8 Å². The van der Waals surface area contributed by atoms with Gasteiger partial charge in [0.05, 0.1) is 17.2 Å². The molecule has 1 heterocycles. The second-order valence-electron chi connectivity index (χ2n) is 5.17. The van der Waals surface area contributed by atoms with E-state index < -0.39 is 0 Å². The zero-order valence-electron chi connectivity index (χ0n) is 11.2. The van der Waals surface area contributed by atoms with Crippen LogP contribution in [0.25, 0.3) is 0 Å². The summed E-state index contributed by atoms with van der Waals surface area (Å²) in [4.78, 5) is 37.2. The van der Waals surface area contributed by atoms with E-state index in [2.05, 4.69) is 0 Å². The van der Waals surface area contributed by atoms with Crippen LogP contribution >= 0.6 is 0 Å². The second-order valence-corrected chi connectivity index (χ2v) is 5.17. The summed E-state index contributed by atoms with van der Waals surface area (Å²) in [6.45, 7) is 1.34. The van der Waals surface area contributed by atoms with Crippen molar-refractivity contribution in [3.8, 4) is 0 Å². The minimum Gasteiger partial charge on any atom is -0.460 e. The third-order valence-corrected chi connectivity index (χ3v) is 3.89. The van der Waals surface area contributed by atoms with Gasteiger partial charge in [0.1, 0.15) is 6.10 Å². The van der Waals surface area contributed by atoms with E-state index in [9.17, 15) is 14.4 Å². The largest absolute Gasteiger partial charge is 0.460 e. The normalized spacial score (nSPS) is 24.9. The highest BCUT2D eigenvalue weighted by atomic mass is 16.5. The standard InChI is InChI=1S/C15H15NO4/c1-9(17)20-13-8-4-7-12(13)16-14(18)10-5-2-3-6-11(10)15(16)19/h2-3,5-6,12-13H,4,7-8H2,1H3/t12-,13-/m1/s1. The van der Waals surface area contributed by atoms with E-state index in [-0.39, 0.29) is 29.9 Å². The lowest BCUT2D eigenvalue weighted by Crippen LogP contribution is -2.45. The van der Waals surface area contributed by atoms with E-state index in [1.165, 1.54) is 11.8 Å². The highest BCUT2D eigenvalue weighted by molar-refractivity contribution is 6.21. The van der Waals surface area contributed by atoms with Gasteiger partial charge in [-0.15, -0.1) is 0 Å². The van der Waals surface area contributed by atoms with Crippen molar-refractivity contribution < 1.29 is 19.1 Å². The smallest absolute Gasteiger partial charge is 0.302 e. The highest BCUT2D eigenvalue weighted by Gasteiger charge is 2.45. The fraction of sp³-hybridized carbons (Fsp3) is 0.400. The van der Waals surface area contributed by atoms with E-state index >= 15 is 0 Å². The zero-order valence-corrected chi connectivity index (χ0v) is 11.2. The Morgan fingerprint density at radius 1 is 1.15 bits per heavy atom. The number of benzene rings is 1. The Morgan fingerprint density at radius 3 is 2.30 bits per heavy atom. The quantitative estimate of drug-likeness (QED) is 0.608. The molecule has 2 amide bonds. The van der Waals surface area contributed by atoms with Crippen LogP contribution in [0.5, 0.6) is 0 Å². The number of nitrogens with zero attached hydrogens (tertiary/aromatic N) is 1. The van der Waals surface area contributed by atoms with Crippen molar-refractivity contribution in [3.63, 3.8) is 0 Å². The Kier molecular flexibility index (Phi) is 3.04. The van der Waals surface area contributed by atoms with Gasteiger partial charge >= 0.3 is 5.97 Å². The molecule has 0 bridgehead atoms. The van der Waals surface area contributed by atoms with Crippen LogP contribution in [0, 0.1) is 0 Å². The van der Waals surface area contributed by atoms with E-state index in [0.29, 0.717) is 24.0 Å². The van der Waals surface area contributed by atoms with Gasteiger partial charge in [-0.1, -0.05) is 12.1 Å². The second kappa shape index (κ2) is 4.74. The first-order valence-electron chi connectivity index (χ1n) is 6.73. The lowest BCUT2D eigenvalue weighted by atomic mass is 10.1. The Hall–Kier alpha value is -2.17. The third kappa shape index (κ3) is 1.90. The lowest BCUT2D eigenvalue weighted by molar-refractivity contribution is -0.147. The van der Waals surface area contributed by atoms with Gasteiger partial charge in [-0.2, -0.15) is 0 Å². The number of rotatable bonds is 2. The van der Waals surface area contributed by atoms with Crippen LogP contribution in [0.15, 0.2) is 24.3 Å². The third-order valence-electron chi connectivity index (χ3n) is 3.89. The molecule has 0 saturated heterocycles. The molecular formula is C15H15NO4. The van der Waals surface area contributed by atoms with Gasteiger partial charge in [0.25, 0.3) is 11.8 Å². The van der Waals surface area contributed by atoms with Crippen LogP contribution in [0.3, 0.4) is 0 Å². The number of hydrogen-bond donors (Lipinski definition) is 0. The summed E-state index contributed by atoms with van der Waals surface area (Å²) in [5.74, 6) is -0.942. The zero-order chi connectivity index (χ0) is 14.3. The van der Waals surface area contributed by atoms with E-state index in [0.717, 1.165) is 6.42 Å². The Bertz CT molecular complexity index is 560. The Labute approximate surface area is 116 Å². The summed E-state index contributed by atoms with van der Waals surface area (Å²) < 4.78 is 5.25. The van der Waals surface area contributed by atoms with Crippen LogP contribution in [0.1, 0.15) is 46.9 Å². The van der Waals surface area contributed by atoms with Crippen molar-refractivity contribution in [2.75, 3.05) is 0 Å². The number of esters is 1. The molecule has 0 spiro atoms. The van der Waals surface area contributed by atoms with Gasteiger partial charge in [-0.05, 0) is 31.4 Å². The Balaban J connectivity index is 1.90. The van der Waals surface area contributed by atoms with Crippen LogP contribution < -0.4 is 0 Å². The summed E-state index contributed by atoms with van der Waals surface area (Å²) in [6, 6.07) is 6.46. The van der Waals surface area contributed by atoms with E-state index in [1.54, 1.807) is 24.3 Å². The first-order valence-corrected chi connectivity index (χ1v) is 6.73. The molecular weight excluding hydrogens is 258 g/mol. The maximum Gasteiger partial charge on any atom is 0.302 e. The predicted octanol–water partition coefficient (Wildman–Crippen LogP) is 1.77. The molecule has 20 heavy (non-hydrogen) atoms. The topological polar surface area (TPSA) is 63.7 Å². The molecule has 2 aliphatic rings. The van der Waals surface area contributed by atoms with E-state index in [4.69, 9.17) is 4.74 Å². The molecule has 0 unspecified atom stereocenters. The molecule has 5 nitrogen and oxygen atoms in total. The molecule has 1 saturated carbocycles. The molecule has 1 aliphatic carbocycles. The molecule has 0 N–H and O–H groups in total. The maximum atomic E-state index is 12.4. The fourth-order valence-corrected chi connectivity index (χ4v) is 3.06. The minimum absolute atomic E-state index is 0.283. The number of carbonyl (C=O) groups excluding carboxylic acids is 3. The molecule has 1 aliphatic heterocycles. The molecule has 104 valence electrons. The summed E-state index contributed by atoms with van der Waals surface area (Å²) in [5.41, 5.74) is 0.872. The first kappa shape index (κ1) is 12.8. The number of fused-ring (bicyclic) bond motifs is 1. The Morgan fingerprint density at radius 2 is 1.75 bits per heavy atom. The minimum atomic E-state index is -0.380. The SMILES string of the molecule is CC(=O)O[C@@H]1CCC[C@H]1N1C(=O)c2ccccc2C1=O. The molecule has 2 atom stereocenters. The molecule has 0 aromatic heterocycles. The van der Waals surface area contributed by atoms with Crippen LogP contribution in [0.4, 0.5) is 0 Å². The van der Waals surface area contributed by atoms with Gasteiger partial charge in [0, 0.05) is 6.92 Å². The molecule has 0 radical (unpaired) electrons. The summed E-state index contributed by atoms with van der Waals surface area (Å²) in [5, 5.41) is 0. The van der Waals surface area contributed by atoms with Crippen LogP contribution in [-0.2, 0) is 9.53 Å². The van der Waals surface area contributed by atoms with Crippen molar-refractivity contribution in [2.24, 2.45) is 0 Å². The number of ether oxygens (including phenoxy) is 1. The number of hydrogen-bond acceptors (Lipinski definition) is 4. The number of carbonyl (C=O) groups is 3. The van der Waals surface area contributed by atoms with Crippen LogP contribution in [0.2, 0.25) is 0 Å². The van der Waals surface area contributed by atoms with Crippen molar-refractivity contribution in [1.29, 1.82) is 0 Å².